The van der Waals surface area contributed by atoms with Crippen molar-refractivity contribution >= 4 is 5.69 Å². The van der Waals surface area contributed by atoms with Crippen molar-refractivity contribution in [1.29, 1.82) is 0 Å². The molecule has 3 nitrogen and oxygen atoms in total. The molecule has 2 unspecified atom stereocenters. The lowest BCUT2D eigenvalue weighted by Gasteiger charge is -2.17. The highest BCUT2D eigenvalue weighted by atomic mass is 15.4. The number of benzene rings is 1. The molecule has 0 aromatic heterocycles. The van der Waals surface area contributed by atoms with Gasteiger partial charge in [-0.05, 0) is 43.9 Å². The van der Waals surface area contributed by atoms with Gasteiger partial charge in [0.15, 0.2) is 0 Å². The molecule has 1 aliphatic rings. The molecule has 1 heterocycles. The zero-order chi connectivity index (χ0) is 10.8. The Kier molecular flexibility index (Phi) is 2.93. The molecule has 1 aromatic rings. The fraction of sp³-hybridized carbons (Fsp3) is 0.500. The average Bonchev–Trinajstić information content (AvgIpc) is 2.50. The Morgan fingerprint density at radius 1 is 1.20 bits per heavy atom. The van der Waals surface area contributed by atoms with Crippen molar-refractivity contribution in [3.8, 4) is 0 Å². The van der Waals surface area contributed by atoms with E-state index in [2.05, 4.69) is 36.8 Å². The first-order valence-corrected chi connectivity index (χ1v) is 5.52. The predicted octanol–water partition coefficient (Wildman–Crippen LogP) is 1.31. The number of rotatable bonds is 2. The van der Waals surface area contributed by atoms with Gasteiger partial charge in [0, 0.05) is 17.8 Å². The van der Waals surface area contributed by atoms with Crippen molar-refractivity contribution in [2.45, 2.75) is 32.4 Å². The molecular weight excluding hydrogens is 186 g/mol. The van der Waals surface area contributed by atoms with Crippen molar-refractivity contribution in [1.82, 2.24) is 10.9 Å². The van der Waals surface area contributed by atoms with Crippen molar-refractivity contribution in [3.05, 3.63) is 29.8 Å². The summed E-state index contributed by atoms with van der Waals surface area (Å²) in [6, 6.07) is 9.20. The van der Waals surface area contributed by atoms with E-state index in [0.29, 0.717) is 18.0 Å². The van der Waals surface area contributed by atoms with Crippen LogP contribution in [0.5, 0.6) is 0 Å². The van der Waals surface area contributed by atoms with Crippen LogP contribution in [-0.4, -0.2) is 12.1 Å². The number of anilines is 1. The van der Waals surface area contributed by atoms with Gasteiger partial charge in [0.05, 0.1) is 0 Å². The van der Waals surface area contributed by atoms with Crippen molar-refractivity contribution in [3.63, 3.8) is 0 Å². The van der Waals surface area contributed by atoms with E-state index in [1.165, 1.54) is 5.56 Å². The second kappa shape index (κ2) is 4.21. The summed E-state index contributed by atoms with van der Waals surface area (Å²) in [4.78, 5) is 0. The summed E-state index contributed by atoms with van der Waals surface area (Å²) < 4.78 is 0. The van der Waals surface area contributed by atoms with Crippen LogP contribution in [0.1, 0.15) is 19.4 Å². The highest BCUT2D eigenvalue weighted by Crippen LogP contribution is 2.20. The summed E-state index contributed by atoms with van der Waals surface area (Å²) in [5.74, 6) is 0.631. The first-order valence-electron chi connectivity index (χ1n) is 5.52. The summed E-state index contributed by atoms with van der Waals surface area (Å²) >= 11 is 0. The maximum Gasteiger partial charge on any atom is 0.0316 e. The summed E-state index contributed by atoms with van der Waals surface area (Å²) in [5, 5.41) is 0. The van der Waals surface area contributed by atoms with E-state index in [9.17, 15) is 0 Å². The Labute approximate surface area is 91.0 Å². The van der Waals surface area contributed by atoms with Crippen LogP contribution in [0.15, 0.2) is 24.3 Å². The fourth-order valence-electron chi connectivity index (χ4n) is 2.26. The highest BCUT2D eigenvalue weighted by Gasteiger charge is 2.29. The number of nitrogens with two attached hydrogens (primary N) is 1. The SMILES string of the molecule is CC1NNC(C)C1Cc1cccc(N)c1. The predicted molar refractivity (Wildman–Crippen MR) is 63.2 cm³/mol. The first-order chi connectivity index (χ1) is 7.16. The molecule has 0 spiro atoms. The van der Waals surface area contributed by atoms with E-state index >= 15 is 0 Å². The van der Waals surface area contributed by atoms with E-state index < -0.39 is 0 Å². The second-order valence-corrected chi connectivity index (χ2v) is 4.48. The van der Waals surface area contributed by atoms with Crippen LogP contribution in [0.3, 0.4) is 0 Å². The quantitative estimate of drug-likeness (QED) is 0.638. The van der Waals surface area contributed by atoms with Crippen LogP contribution in [0.4, 0.5) is 5.69 Å². The summed E-state index contributed by atoms with van der Waals surface area (Å²) in [6.07, 6.45) is 1.08. The first kappa shape index (κ1) is 10.5. The molecule has 0 bridgehead atoms. The smallest absolute Gasteiger partial charge is 0.0316 e. The standard InChI is InChI=1S/C12H19N3/c1-8-12(9(2)15-14-8)7-10-4-3-5-11(13)6-10/h3-6,8-9,12,14-15H,7,13H2,1-2H3. The van der Waals surface area contributed by atoms with Crippen molar-refractivity contribution in [2.75, 3.05) is 5.73 Å². The lowest BCUT2D eigenvalue weighted by Crippen LogP contribution is -2.30. The number of hydrogen-bond donors (Lipinski definition) is 3. The highest BCUT2D eigenvalue weighted by molar-refractivity contribution is 5.40. The Balaban J connectivity index is 2.08. The Bertz CT molecular complexity index is 327. The molecule has 0 aliphatic carbocycles. The van der Waals surface area contributed by atoms with Gasteiger partial charge < -0.3 is 5.73 Å². The number of nitrogen functional groups attached to an aromatic ring is 1. The van der Waals surface area contributed by atoms with Crippen LogP contribution in [-0.2, 0) is 6.42 Å². The zero-order valence-electron chi connectivity index (χ0n) is 9.33. The third kappa shape index (κ3) is 2.30. The van der Waals surface area contributed by atoms with Gasteiger partial charge in [-0.2, -0.15) is 0 Å². The molecule has 1 saturated heterocycles. The van der Waals surface area contributed by atoms with E-state index in [4.69, 9.17) is 5.73 Å². The average molecular weight is 205 g/mol. The molecule has 0 amide bonds. The normalized spacial score (nSPS) is 30.7. The van der Waals surface area contributed by atoms with Gasteiger partial charge in [-0.15, -0.1) is 0 Å². The largest absolute Gasteiger partial charge is 0.399 e. The van der Waals surface area contributed by atoms with E-state index in [0.717, 1.165) is 12.1 Å². The molecular formula is C12H19N3. The van der Waals surface area contributed by atoms with Gasteiger partial charge in [-0.1, -0.05) is 12.1 Å². The maximum absolute atomic E-state index is 5.77. The summed E-state index contributed by atoms with van der Waals surface area (Å²) in [5.41, 5.74) is 14.5. The Morgan fingerprint density at radius 2 is 1.87 bits per heavy atom. The van der Waals surface area contributed by atoms with E-state index in [1.807, 2.05) is 12.1 Å². The molecule has 0 saturated carbocycles. The molecule has 2 atom stereocenters. The lowest BCUT2D eigenvalue weighted by atomic mass is 9.89. The third-order valence-electron chi connectivity index (χ3n) is 3.25. The van der Waals surface area contributed by atoms with Gasteiger partial charge in [0.1, 0.15) is 0 Å². The fourth-order valence-corrected chi connectivity index (χ4v) is 2.26. The van der Waals surface area contributed by atoms with E-state index in [-0.39, 0.29) is 0 Å². The minimum atomic E-state index is 0.515. The molecule has 15 heavy (non-hydrogen) atoms. The summed E-state index contributed by atoms with van der Waals surface area (Å²) in [6.45, 7) is 4.43. The minimum Gasteiger partial charge on any atom is -0.399 e. The third-order valence-corrected chi connectivity index (χ3v) is 3.25. The Morgan fingerprint density at radius 3 is 2.47 bits per heavy atom. The topological polar surface area (TPSA) is 50.1 Å². The van der Waals surface area contributed by atoms with Crippen LogP contribution in [0.2, 0.25) is 0 Å². The zero-order valence-corrected chi connectivity index (χ0v) is 9.33. The van der Waals surface area contributed by atoms with Crippen molar-refractivity contribution in [2.24, 2.45) is 5.92 Å². The van der Waals surface area contributed by atoms with Crippen LogP contribution >= 0.6 is 0 Å². The molecule has 82 valence electrons. The number of nitrogens with one attached hydrogen (secondary N) is 2. The van der Waals surface area contributed by atoms with Crippen molar-refractivity contribution < 1.29 is 0 Å². The molecule has 0 radical (unpaired) electrons. The van der Waals surface area contributed by atoms with Crippen LogP contribution in [0, 0.1) is 5.92 Å². The lowest BCUT2D eigenvalue weighted by molar-refractivity contribution is 0.442. The van der Waals surface area contributed by atoms with Gasteiger partial charge in [0.25, 0.3) is 0 Å². The minimum absolute atomic E-state index is 0.515. The van der Waals surface area contributed by atoms with E-state index in [1.54, 1.807) is 0 Å². The molecule has 2 rings (SSSR count). The number of hydrazine groups is 1. The molecule has 3 heteroatoms. The summed E-state index contributed by atoms with van der Waals surface area (Å²) in [7, 11) is 0. The van der Waals surface area contributed by atoms with Gasteiger partial charge >= 0.3 is 0 Å². The van der Waals surface area contributed by atoms with Crippen LogP contribution < -0.4 is 16.6 Å². The van der Waals surface area contributed by atoms with Gasteiger partial charge in [0.2, 0.25) is 0 Å². The molecule has 1 aromatic carbocycles. The van der Waals surface area contributed by atoms with Gasteiger partial charge in [-0.3, -0.25) is 10.9 Å². The second-order valence-electron chi connectivity index (χ2n) is 4.48. The molecule has 1 fully saturated rings. The molecule has 4 N–H and O–H groups in total. The Hall–Kier alpha value is -1.06. The number of hydrogen-bond acceptors (Lipinski definition) is 3. The van der Waals surface area contributed by atoms with Gasteiger partial charge in [-0.25, -0.2) is 0 Å². The monoisotopic (exact) mass is 205 g/mol. The van der Waals surface area contributed by atoms with Crippen LogP contribution in [0.25, 0.3) is 0 Å². The molecule has 1 aliphatic heterocycles. The maximum atomic E-state index is 5.77.